The molecule has 2 heterocycles. The van der Waals surface area contributed by atoms with Crippen LogP contribution < -0.4 is 10.9 Å². The molecule has 19 heavy (non-hydrogen) atoms. The molecule has 0 saturated carbocycles. The fraction of sp³-hybridized carbons (Fsp3) is 0.583. The van der Waals surface area contributed by atoms with Gasteiger partial charge in [0, 0.05) is 25.9 Å². The molecule has 1 atom stereocenters. The summed E-state index contributed by atoms with van der Waals surface area (Å²) < 4.78 is 9.85. The van der Waals surface area contributed by atoms with E-state index in [0.29, 0.717) is 19.2 Å². The average Bonchev–Trinajstić information content (AvgIpc) is 2.94. The molecule has 0 aromatic carbocycles. The van der Waals surface area contributed by atoms with Crippen molar-refractivity contribution in [1.82, 2.24) is 9.97 Å². The fourth-order valence-electron chi connectivity index (χ4n) is 1.50. The Labute approximate surface area is 111 Å². The first-order valence-corrected chi connectivity index (χ1v) is 6.18. The maximum atomic E-state index is 10.9. The van der Waals surface area contributed by atoms with Gasteiger partial charge in [0.05, 0.1) is 6.61 Å². The van der Waals surface area contributed by atoms with Crippen LogP contribution in [0, 0.1) is 0 Å². The van der Waals surface area contributed by atoms with Crippen LogP contribution >= 0.6 is 0 Å². The highest BCUT2D eigenvalue weighted by Crippen LogP contribution is 2.12. The minimum absolute atomic E-state index is 0.144. The van der Waals surface area contributed by atoms with E-state index in [1.54, 1.807) is 14.0 Å². The van der Waals surface area contributed by atoms with Crippen molar-refractivity contribution in [3.8, 4) is 0 Å². The zero-order valence-electron chi connectivity index (χ0n) is 11.1. The third kappa shape index (κ3) is 5.52. The van der Waals surface area contributed by atoms with Gasteiger partial charge in [-0.25, -0.2) is 9.78 Å². The van der Waals surface area contributed by atoms with Crippen LogP contribution in [0.25, 0.3) is 0 Å². The van der Waals surface area contributed by atoms with E-state index in [2.05, 4.69) is 15.3 Å². The summed E-state index contributed by atoms with van der Waals surface area (Å²) in [6.45, 7) is 2.94. The summed E-state index contributed by atoms with van der Waals surface area (Å²) in [7, 11) is 1.69. The second kappa shape index (κ2) is 8.25. The first kappa shape index (κ1) is 15.2. The predicted octanol–water partition coefficient (Wildman–Crippen LogP) is 0.540. The zero-order valence-corrected chi connectivity index (χ0v) is 11.1. The monoisotopic (exact) mass is 269 g/mol. The van der Waals surface area contributed by atoms with Gasteiger partial charge in [-0.05, 0) is 19.8 Å². The first-order valence-electron chi connectivity index (χ1n) is 6.18. The van der Waals surface area contributed by atoms with Gasteiger partial charge in [-0.2, -0.15) is 0 Å². The maximum Gasteiger partial charge on any atom is 0.335 e. The van der Waals surface area contributed by atoms with E-state index in [1.807, 2.05) is 0 Å². The molecule has 2 rings (SSSR count). The van der Waals surface area contributed by atoms with Crippen molar-refractivity contribution < 1.29 is 14.3 Å². The number of anilines is 1. The normalized spacial score (nSPS) is 17.3. The molecule has 7 nitrogen and oxygen atoms in total. The van der Waals surface area contributed by atoms with Crippen molar-refractivity contribution in [1.29, 1.82) is 0 Å². The van der Waals surface area contributed by atoms with Gasteiger partial charge in [0.25, 0.3) is 5.56 Å². The van der Waals surface area contributed by atoms with Crippen molar-refractivity contribution in [2.45, 2.75) is 25.9 Å². The molecule has 0 aliphatic carbocycles. The number of ether oxygens (including phenoxy) is 2. The topological polar surface area (TPSA) is 93.3 Å². The number of nitrogens with one attached hydrogen (secondary N) is 2. The molecule has 0 bridgehead atoms. The van der Waals surface area contributed by atoms with E-state index >= 15 is 0 Å². The van der Waals surface area contributed by atoms with Gasteiger partial charge < -0.3 is 14.8 Å². The third-order valence-corrected chi connectivity index (χ3v) is 2.39. The second-order valence-corrected chi connectivity index (χ2v) is 3.79. The number of H-pyrrole nitrogens is 1. The minimum Gasteiger partial charge on any atom is -0.464 e. The molecule has 2 N–H and O–H groups in total. The van der Waals surface area contributed by atoms with Crippen molar-refractivity contribution in [2.24, 2.45) is 0 Å². The van der Waals surface area contributed by atoms with E-state index in [1.165, 1.54) is 12.3 Å². The Morgan fingerprint density at radius 2 is 2.47 bits per heavy atom. The predicted molar refractivity (Wildman–Crippen MR) is 70.0 cm³/mol. The number of carbonyl (C=O) groups is 1. The van der Waals surface area contributed by atoms with Crippen molar-refractivity contribution in [2.75, 3.05) is 25.6 Å². The van der Waals surface area contributed by atoms with Gasteiger partial charge in [-0.1, -0.05) is 0 Å². The number of aromatic amines is 1. The van der Waals surface area contributed by atoms with E-state index in [-0.39, 0.29) is 17.6 Å². The van der Waals surface area contributed by atoms with Crippen LogP contribution in [0.5, 0.6) is 0 Å². The summed E-state index contributed by atoms with van der Waals surface area (Å²) in [4.78, 5) is 27.7. The molecule has 1 aliphatic rings. The van der Waals surface area contributed by atoms with Gasteiger partial charge in [-0.3, -0.25) is 9.78 Å². The lowest BCUT2D eigenvalue weighted by Gasteiger charge is -2.06. The molecule has 0 amide bonds. The number of esters is 1. The molecule has 1 fully saturated rings. The highest BCUT2D eigenvalue weighted by Gasteiger charge is 2.24. The van der Waals surface area contributed by atoms with Gasteiger partial charge in [0.1, 0.15) is 0 Å². The summed E-state index contributed by atoms with van der Waals surface area (Å²) in [5, 5.41) is 2.70. The Hall–Kier alpha value is -1.89. The van der Waals surface area contributed by atoms with E-state index in [9.17, 15) is 9.59 Å². The van der Waals surface area contributed by atoms with Gasteiger partial charge in [0.15, 0.2) is 6.10 Å². The van der Waals surface area contributed by atoms with Crippen LogP contribution in [0.1, 0.15) is 19.8 Å². The molecule has 1 aliphatic heterocycles. The van der Waals surface area contributed by atoms with Gasteiger partial charge >= 0.3 is 5.97 Å². The smallest absolute Gasteiger partial charge is 0.335 e. The lowest BCUT2D eigenvalue weighted by Crippen LogP contribution is -2.21. The minimum atomic E-state index is -0.278. The highest BCUT2D eigenvalue weighted by molar-refractivity contribution is 5.74. The van der Waals surface area contributed by atoms with Crippen molar-refractivity contribution in [3.63, 3.8) is 0 Å². The summed E-state index contributed by atoms with van der Waals surface area (Å²) in [6, 6.07) is 1.36. The number of hydrogen-bond donors (Lipinski definition) is 2. The second-order valence-electron chi connectivity index (χ2n) is 3.79. The lowest BCUT2D eigenvalue weighted by molar-refractivity contribution is -0.153. The summed E-state index contributed by atoms with van der Waals surface area (Å²) in [6.07, 6.45) is 2.97. The Morgan fingerprint density at radius 1 is 1.68 bits per heavy atom. The summed E-state index contributed by atoms with van der Waals surface area (Å²) in [5.74, 6) is 0.280. The van der Waals surface area contributed by atoms with Gasteiger partial charge in [0.2, 0.25) is 5.95 Å². The summed E-state index contributed by atoms with van der Waals surface area (Å²) >= 11 is 0. The fourth-order valence-corrected chi connectivity index (χ4v) is 1.50. The van der Waals surface area contributed by atoms with Gasteiger partial charge in [-0.15, -0.1) is 0 Å². The summed E-state index contributed by atoms with van der Waals surface area (Å²) in [5.41, 5.74) is -0.144. The van der Waals surface area contributed by atoms with Crippen LogP contribution in [-0.4, -0.2) is 42.3 Å². The maximum absolute atomic E-state index is 10.9. The SMILES string of the molecule is CCOC(=O)[C@H]1CCCO1.CNc1nccc(=O)[nH]1. The molecular formula is C12H19N3O4. The van der Waals surface area contributed by atoms with Crippen LogP contribution in [0.2, 0.25) is 0 Å². The van der Waals surface area contributed by atoms with Crippen molar-refractivity contribution in [3.05, 3.63) is 22.6 Å². The molecular weight excluding hydrogens is 250 g/mol. The molecule has 1 aromatic heterocycles. The quantitative estimate of drug-likeness (QED) is 0.778. The number of hydrogen-bond acceptors (Lipinski definition) is 6. The highest BCUT2D eigenvalue weighted by atomic mass is 16.6. The van der Waals surface area contributed by atoms with E-state index < -0.39 is 0 Å². The first-order chi connectivity index (χ1) is 9.17. The third-order valence-electron chi connectivity index (χ3n) is 2.39. The number of aromatic nitrogens is 2. The molecule has 0 radical (unpaired) electrons. The molecule has 106 valence electrons. The molecule has 0 spiro atoms. The van der Waals surface area contributed by atoms with Crippen molar-refractivity contribution >= 4 is 11.9 Å². The molecule has 0 unspecified atom stereocenters. The molecule has 7 heteroatoms. The largest absolute Gasteiger partial charge is 0.464 e. The number of rotatable bonds is 3. The lowest BCUT2D eigenvalue weighted by atomic mass is 10.2. The molecule has 1 saturated heterocycles. The van der Waals surface area contributed by atoms with E-state index in [4.69, 9.17) is 9.47 Å². The Balaban J connectivity index is 0.000000191. The Morgan fingerprint density at radius 3 is 2.95 bits per heavy atom. The molecule has 1 aromatic rings. The number of nitrogens with zero attached hydrogens (tertiary/aromatic N) is 1. The van der Waals surface area contributed by atoms with Crippen LogP contribution in [-0.2, 0) is 14.3 Å². The zero-order chi connectivity index (χ0) is 14.1. The van der Waals surface area contributed by atoms with E-state index in [0.717, 1.165) is 12.8 Å². The average molecular weight is 269 g/mol. The Bertz CT molecular complexity index is 441. The van der Waals surface area contributed by atoms with Crippen LogP contribution in [0.4, 0.5) is 5.95 Å². The standard InChI is InChI=1S/C7H12O3.C5H7N3O/c1-2-9-7(8)6-4-3-5-10-6;1-6-5-7-3-2-4(9)8-5/h6H,2-5H2,1H3;2-3H,1H3,(H2,6,7,8,9)/t6-;/m1./s1. The van der Waals surface area contributed by atoms with Crippen LogP contribution in [0.3, 0.4) is 0 Å². The van der Waals surface area contributed by atoms with Crippen LogP contribution in [0.15, 0.2) is 17.1 Å². The number of carbonyl (C=O) groups excluding carboxylic acids is 1. The Kier molecular flexibility index (Phi) is 6.59.